The molecule has 1 aliphatic heterocycles. The zero-order valence-corrected chi connectivity index (χ0v) is 15.1. The van der Waals surface area contributed by atoms with Gasteiger partial charge in [-0.05, 0) is 42.9 Å². The van der Waals surface area contributed by atoms with Crippen molar-refractivity contribution in [3.63, 3.8) is 0 Å². The highest BCUT2D eigenvalue weighted by atomic mass is 35.5. The first kappa shape index (κ1) is 16.6. The van der Waals surface area contributed by atoms with E-state index >= 15 is 0 Å². The van der Waals surface area contributed by atoms with Gasteiger partial charge in [0, 0.05) is 31.3 Å². The minimum Gasteiger partial charge on any atom is -0.385 e. The molecule has 0 radical (unpaired) electrons. The fourth-order valence-electron chi connectivity index (χ4n) is 2.82. The van der Waals surface area contributed by atoms with Gasteiger partial charge in [-0.3, -0.25) is 4.98 Å². The summed E-state index contributed by atoms with van der Waals surface area (Å²) in [5.41, 5.74) is 0.985. The van der Waals surface area contributed by atoms with Crippen molar-refractivity contribution in [1.29, 1.82) is 0 Å². The molecular formula is C16H18ClN3OS2. The van der Waals surface area contributed by atoms with Crippen molar-refractivity contribution in [1.82, 2.24) is 15.2 Å². The molecular weight excluding hydrogens is 350 g/mol. The third-order valence-electron chi connectivity index (χ3n) is 3.83. The summed E-state index contributed by atoms with van der Waals surface area (Å²) >= 11 is 13.3. The molecule has 1 fully saturated rings. The number of pyridine rings is 1. The van der Waals surface area contributed by atoms with Gasteiger partial charge >= 0.3 is 0 Å². The van der Waals surface area contributed by atoms with Crippen molar-refractivity contribution in [2.75, 3.05) is 20.3 Å². The summed E-state index contributed by atoms with van der Waals surface area (Å²) in [6.07, 6.45) is 2.73. The molecule has 3 heterocycles. The van der Waals surface area contributed by atoms with Gasteiger partial charge in [-0.25, -0.2) is 0 Å². The van der Waals surface area contributed by atoms with Gasteiger partial charge in [0.2, 0.25) is 0 Å². The molecule has 0 bridgehead atoms. The molecule has 1 aliphatic rings. The normalized spacial score (nSPS) is 20.8. The topological polar surface area (TPSA) is 37.4 Å². The van der Waals surface area contributed by atoms with E-state index < -0.39 is 0 Å². The maximum Gasteiger partial charge on any atom is 0.170 e. The number of aromatic nitrogens is 1. The summed E-state index contributed by atoms with van der Waals surface area (Å²) in [5, 5.41) is 4.18. The molecule has 23 heavy (non-hydrogen) atoms. The molecule has 2 aromatic rings. The Morgan fingerprint density at radius 1 is 1.39 bits per heavy atom. The summed E-state index contributed by atoms with van der Waals surface area (Å²) in [6, 6.07) is 10.1. The van der Waals surface area contributed by atoms with Crippen molar-refractivity contribution in [2.45, 2.75) is 18.5 Å². The predicted molar refractivity (Wildman–Crippen MR) is 98.0 cm³/mol. The maximum atomic E-state index is 6.15. The molecule has 7 heteroatoms. The summed E-state index contributed by atoms with van der Waals surface area (Å²) in [6.45, 7) is 1.55. The highest BCUT2D eigenvalue weighted by molar-refractivity contribution is 7.80. The van der Waals surface area contributed by atoms with Crippen LogP contribution in [0.1, 0.15) is 29.1 Å². The second kappa shape index (κ2) is 7.57. The molecule has 3 rings (SSSR count). The van der Waals surface area contributed by atoms with Crippen molar-refractivity contribution in [3.05, 3.63) is 51.4 Å². The zero-order chi connectivity index (χ0) is 16.2. The average molecular weight is 368 g/mol. The molecule has 0 aliphatic carbocycles. The van der Waals surface area contributed by atoms with Gasteiger partial charge in [0.05, 0.1) is 22.1 Å². The van der Waals surface area contributed by atoms with Crippen LogP contribution in [0.15, 0.2) is 36.5 Å². The number of thiocarbonyl (C=S) groups is 1. The lowest BCUT2D eigenvalue weighted by molar-refractivity contribution is 0.181. The third kappa shape index (κ3) is 3.66. The van der Waals surface area contributed by atoms with Gasteiger partial charge in [0.25, 0.3) is 0 Å². The maximum absolute atomic E-state index is 6.15. The second-order valence-corrected chi connectivity index (χ2v) is 7.44. The molecule has 122 valence electrons. The van der Waals surface area contributed by atoms with Crippen LogP contribution in [0.5, 0.6) is 0 Å². The largest absolute Gasteiger partial charge is 0.385 e. The number of nitrogens with one attached hydrogen (secondary N) is 1. The Balaban J connectivity index is 1.91. The van der Waals surface area contributed by atoms with Gasteiger partial charge in [0.15, 0.2) is 5.11 Å². The number of thiophene rings is 1. The summed E-state index contributed by atoms with van der Waals surface area (Å²) in [4.78, 5) is 7.92. The number of halogens is 1. The van der Waals surface area contributed by atoms with Crippen LogP contribution in [0.2, 0.25) is 4.34 Å². The van der Waals surface area contributed by atoms with Crippen LogP contribution in [-0.2, 0) is 4.74 Å². The van der Waals surface area contributed by atoms with Crippen LogP contribution in [0, 0.1) is 0 Å². The molecule has 0 spiro atoms. The Morgan fingerprint density at radius 2 is 2.26 bits per heavy atom. The van der Waals surface area contributed by atoms with E-state index in [0.29, 0.717) is 6.61 Å². The predicted octanol–water partition coefficient (Wildman–Crippen LogP) is 3.81. The number of nitrogens with zero attached hydrogens (tertiary/aromatic N) is 2. The molecule has 2 atom stereocenters. The van der Waals surface area contributed by atoms with E-state index in [9.17, 15) is 0 Å². The van der Waals surface area contributed by atoms with Crippen LogP contribution in [0.25, 0.3) is 0 Å². The molecule has 0 saturated carbocycles. The molecule has 1 N–H and O–H groups in total. The number of ether oxygens (including phenoxy) is 1. The highest BCUT2D eigenvalue weighted by Crippen LogP contribution is 2.42. The Kier molecular flexibility index (Phi) is 5.48. The standard InChI is InChI=1S/C16H18ClN3OS2/c1-21-10-4-9-20-15(12-6-7-13(17)23-12)14(19-16(20)22)11-5-2-3-8-18-11/h2-3,5-8,14-15H,4,9-10H2,1H3,(H,19,22). The second-order valence-electron chi connectivity index (χ2n) is 5.31. The highest BCUT2D eigenvalue weighted by Gasteiger charge is 2.40. The molecule has 2 unspecified atom stereocenters. The van der Waals surface area contributed by atoms with Crippen LogP contribution in [-0.4, -0.2) is 35.3 Å². The minimum atomic E-state index is 0.0287. The quantitative estimate of drug-likeness (QED) is 0.620. The average Bonchev–Trinajstić information content (AvgIpc) is 3.12. The Bertz CT molecular complexity index is 664. The van der Waals surface area contributed by atoms with Gasteiger partial charge in [-0.2, -0.15) is 0 Å². The van der Waals surface area contributed by atoms with Crippen LogP contribution < -0.4 is 5.32 Å². The van der Waals surface area contributed by atoms with E-state index in [0.717, 1.165) is 28.1 Å². The van der Waals surface area contributed by atoms with E-state index in [1.807, 2.05) is 30.5 Å². The fraction of sp³-hybridized carbons (Fsp3) is 0.375. The van der Waals surface area contributed by atoms with Gasteiger partial charge in [0.1, 0.15) is 0 Å². The van der Waals surface area contributed by atoms with E-state index in [-0.39, 0.29) is 12.1 Å². The third-order valence-corrected chi connectivity index (χ3v) is 5.48. The monoisotopic (exact) mass is 367 g/mol. The van der Waals surface area contributed by atoms with Crippen LogP contribution in [0.3, 0.4) is 0 Å². The van der Waals surface area contributed by atoms with E-state index in [2.05, 4.69) is 21.3 Å². The van der Waals surface area contributed by atoms with Gasteiger partial charge in [-0.1, -0.05) is 17.7 Å². The van der Waals surface area contributed by atoms with Crippen molar-refractivity contribution in [2.24, 2.45) is 0 Å². The van der Waals surface area contributed by atoms with Crippen LogP contribution in [0.4, 0.5) is 0 Å². The Hall–Kier alpha value is -1.21. The van der Waals surface area contributed by atoms with E-state index in [1.54, 1.807) is 18.4 Å². The number of hydrogen-bond acceptors (Lipinski definition) is 4. The molecule has 1 saturated heterocycles. The summed E-state index contributed by atoms with van der Waals surface area (Å²) in [5.74, 6) is 0. The lowest BCUT2D eigenvalue weighted by Crippen LogP contribution is -2.30. The van der Waals surface area contributed by atoms with Crippen molar-refractivity contribution >= 4 is 40.3 Å². The number of methoxy groups -OCH3 is 1. The lowest BCUT2D eigenvalue weighted by atomic mass is 10.0. The fourth-order valence-corrected chi connectivity index (χ4v) is 4.37. The van der Waals surface area contributed by atoms with E-state index in [1.165, 1.54) is 4.88 Å². The summed E-state index contributed by atoms with van der Waals surface area (Å²) in [7, 11) is 1.72. The molecule has 0 aromatic carbocycles. The van der Waals surface area contributed by atoms with Crippen molar-refractivity contribution < 1.29 is 4.74 Å². The van der Waals surface area contributed by atoms with Gasteiger partial charge < -0.3 is 15.0 Å². The summed E-state index contributed by atoms with van der Waals surface area (Å²) < 4.78 is 5.96. The molecule has 2 aromatic heterocycles. The molecule has 0 amide bonds. The molecule has 4 nitrogen and oxygen atoms in total. The first-order valence-electron chi connectivity index (χ1n) is 7.43. The Morgan fingerprint density at radius 3 is 2.91 bits per heavy atom. The van der Waals surface area contributed by atoms with Crippen molar-refractivity contribution in [3.8, 4) is 0 Å². The first-order chi connectivity index (χ1) is 11.2. The van der Waals surface area contributed by atoms with Crippen LogP contribution >= 0.6 is 35.2 Å². The smallest absolute Gasteiger partial charge is 0.170 e. The number of rotatable bonds is 6. The van der Waals surface area contributed by atoms with E-state index in [4.69, 9.17) is 28.6 Å². The number of hydrogen-bond donors (Lipinski definition) is 1. The SMILES string of the molecule is COCCCN1C(=S)NC(c2ccccn2)C1c1ccc(Cl)s1. The zero-order valence-electron chi connectivity index (χ0n) is 12.7. The lowest BCUT2D eigenvalue weighted by Gasteiger charge is -2.26. The Labute approximate surface area is 150 Å². The minimum absolute atomic E-state index is 0.0287. The van der Waals surface area contributed by atoms with Gasteiger partial charge in [-0.15, -0.1) is 11.3 Å². The first-order valence-corrected chi connectivity index (χ1v) is 9.03.